The van der Waals surface area contributed by atoms with Crippen molar-refractivity contribution in [1.29, 1.82) is 0 Å². The number of esters is 1. The smallest absolute Gasteiger partial charge is 0.328 e. The van der Waals surface area contributed by atoms with E-state index in [4.69, 9.17) is 9.47 Å². The first-order valence-electron chi connectivity index (χ1n) is 7.51. The van der Waals surface area contributed by atoms with Gasteiger partial charge < -0.3 is 14.8 Å². The molecule has 1 aliphatic rings. The third kappa shape index (κ3) is 5.14. The van der Waals surface area contributed by atoms with Crippen molar-refractivity contribution in [2.75, 3.05) is 26.1 Å². The molecule has 0 unspecified atom stereocenters. The predicted molar refractivity (Wildman–Crippen MR) is 85.2 cm³/mol. The van der Waals surface area contributed by atoms with Crippen molar-refractivity contribution in [2.45, 2.75) is 23.8 Å². The van der Waals surface area contributed by atoms with Crippen LogP contribution in [0.3, 0.4) is 0 Å². The normalized spacial score (nSPS) is 19.8. The molecule has 1 aromatic carbocycles. The van der Waals surface area contributed by atoms with Crippen LogP contribution in [-0.2, 0) is 29.9 Å². The summed E-state index contributed by atoms with van der Waals surface area (Å²) in [5, 5.41) is 2.69. The largest absolute Gasteiger partial charge is 0.467 e. The third-order valence-corrected chi connectivity index (χ3v) is 5.11. The number of carbonyl (C=O) groups excluding carboxylic acids is 2. The van der Waals surface area contributed by atoms with Crippen LogP contribution in [0.4, 0.5) is 0 Å². The maximum Gasteiger partial charge on any atom is 0.328 e. The number of nitrogens with one attached hydrogen (secondary N) is 1. The standard InChI is InChI=1S/C16H21NO5S/c1-21-16(19)14(17-15(18)12-7-9-22-11-12)8-10-23(20)13-5-3-2-4-6-13/h2-6,12,14H,7-11H2,1H3,(H,17,18)/t12-,14+,23+/m0/s1. The highest BCUT2D eigenvalue weighted by atomic mass is 32.2. The molecule has 1 amide bonds. The van der Waals surface area contributed by atoms with Gasteiger partial charge in [0, 0.05) is 17.3 Å². The average molecular weight is 339 g/mol. The van der Waals surface area contributed by atoms with Gasteiger partial charge in [-0.2, -0.15) is 0 Å². The maximum absolute atomic E-state index is 12.2. The zero-order valence-electron chi connectivity index (χ0n) is 13.0. The number of benzene rings is 1. The van der Waals surface area contributed by atoms with Gasteiger partial charge in [-0.1, -0.05) is 18.2 Å². The molecule has 1 aliphatic heterocycles. The monoisotopic (exact) mass is 339 g/mol. The van der Waals surface area contributed by atoms with E-state index in [1.165, 1.54) is 7.11 Å². The zero-order chi connectivity index (χ0) is 16.7. The first-order chi connectivity index (χ1) is 11.1. The van der Waals surface area contributed by atoms with E-state index < -0.39 is 22.8 Å². The van der Waals surface area contributed by atoms with Gasteiger partial charge in [-0.25, -0.2) is 4.79 Å². The SMILES string of the molecule is COC(=O)[C@@H](CC[S@@](=O)c1ccccc1)NC(=O)[C@H]1CCOC1. The second-order valence-electron chi connectivity index (χ2n) is 5.30. The van der Waals surface area contributed by atoms with Gasteiger partial charge >= 0.3 is 5.97 Å². The highest BCUT2D eigenvalue weighted by Gasteiger charge is 2.28. The quantitative estimate of drug-likeness (QED) is 0.746. The first-order valence-corrected chi connectivity index (χ1v) is 8.83. The molecule has 6 nitrogen and oxygen atoms in total. The fourth-order valence-corrected chi connectivity index (χ4v) is 3.48. The van der Waals surface area contributed by atoms with E-state index in [-0.39, 0.29) is 24.0 Å². The van der Waals surface area contributed by atoms with Gasteiger partial charge in [0.1, 0.15) is 6.04 Å². The molecule has 0 bridgehead atoms. The van der Waals surface area contributed by atoms with Gasteiger partial charge in [0.25, 0.3) is 0 Å². The van der Waals surface area contributed by atoms with Crippen molar-refractivity contribution in [3.63, 3.8) is 0 Å². The molecule has 3 atom stereocenters. The molecular weight excluding hydrogens is 318 g/mol. The Morgan fingerprint density at radius 2 is 2.13 bits per heavy atom. The molecule has 1 aromatic rings. The molecule has 0 radical (unpaired) electrons. The fraction of sp³-hybridized carbons (Fsp3) is 0.500. The summed E-state index contributed by atoms with van der Waals surface area (Å²) in [5.41, 5.74) is 0. The van der Waals surface area contributed by atoms with Crippen molar-refractivity contribution in [1.82, 2.24) is 5.32 Å². The van der Waals surface area contributed by atoms with Crippen LogP contribution in [-0.4, -0.2) is 48.2 Å². The molecule has 0 spiro atoms. The van der Waals surface area contributed by atoms with E-state index in [0.29, 0.717) is 24.5 Å². The Labute approximate surface area is 138 Å². The van der Waals surface area contributed by atoms with Crippen LogP contribution < -0.4 is 5.32 Å². The summed E-state index contributed by atoms with van der Waals surface area (Å²) in [6.45, 7) is 0.925. The molecule has 2 rings (SSSR count). The van der Waals surface area contributed by atoms with Crippen LogP contribution in [0.5, 0.6) is 0 Å². The number of amides is 1. The Kier molecular flexibility index (Phi) is 6.73. The highest BCUT2D eigenvalue weighted by Crippen LogP contribution is 2.13. The van der Waals surface area contributed by atoms with Crippen molar-refractivity contribution < 1.29 is 23.3 Å². The molecule has 1 fully saturated rings. The summed E-state index contributed by atoms with van der Waals surface area (Å²) in [6, 6.07) is 8.23. The molecule has 23 heavy (non-hydrogen) atoms. The lowest BCUT2D eigenvalue weighted by Gasteiger charge is -2.18. The second-order valence-corrected chi connectivity index (χ2v) is 6.87. The number of ether oxygens (including phenoxy) is 2. The summed E-state index contributed by atoms with van der Waals surface area (Å²) < 4.78 is 22.1. The topological polar surface area (TPSA) is 81.7 Å². The Hall–Kier alpha value is -1.73. The first kappa shape index (κ1) is 17.6. The lowest BCUT2D eigenvalue weighted by molar-refractivity contribution is -0.145. The molecule has 126 valence electrons. The van der Waals surface area contributed by atoms with Gasteiger partial charge in [0.05, 0.1) is 30.4 Å². The summed E-state index contributed by atoms with van der Waals surface area (Å²) in [5.74, 6) is -0.710. The number of carbonyl (C=O) groups is 2. The van der Waals surface area contributed by atoms with Crippen LogP contribution in [0.1, 0.15) is 12.8 Å². The minimum atomic E-state index is -1.22. The molecule has 0 aromatic heterocycles. The van der Waals surface area contributed by atoms with E-state index >= 15 is 0 Å². The predicted octanol–water partition coefficient (Wildman–Crippen LogP) is 0.879. The maximum atomic E-state index is 12.2. The number of hydrogen-bond donors (Lipinski definition) is 1. The Balaban J connectivity index is 1.91. The summed E-state index contributed by atoms with van der Waals surface area (Å²) in [4.78, 5) is 24.7. The average Bonchev–Trinajstić information content (AvgIpc) is 3.13. The number of hydrogen-bond acceptors (Lipinski definition) is 5. The molecule has 1 N–H and O–H groups in total. The molecule has 1 saturated heterocycles. The van der Waals surface area contributed by atoms with Gasteiger partial charge in [-0.3, -0.25) is 9.00 Å². The van der Waals surface area contributed by atoms with E-state index in [9.17, 15) is 13.8 Å². The van der Waals surface area contributed by atoms with Crippen molar-refractivity contribution in [3.8, 4) is 0 Å². The van der Waals surface area contributed by atoms with E-state index in [1.807, 2.05) is 18.2 Å². The van der Waals surface area contributed by atoms with Crippen LogP contribution in [0.2, 0.25) is 0 Å². The Bertz CT molecular complexity index is 557. The van der Waals surface area contributed by atoms with E-state index in [0.717, 1.165) is 0 Å². The van der Waals surface area contributed by atoms with Gasteiger partial charge in [0.2, 0.25) is 5.91 Å². The van der Waals surface area contributed by atoms with Crippen LogP contribution >= 0.6 is 0 Å². The number of rotatable bonds is 7. The van der Waals surface area contributed by atoms with Crippen LogP contribution in [0.25, 0.3) is 0 Å². The zero-order valence-corrected chi connectivity index (χ0v) is 13.8. The van der Waals surface area contributed by atoms with Crippen molar-refractivity contribution >= 4 is 22.7 Å². The van der Waals surface area contributed by atoms with Crippen molar-refractivity contribution in [2.24, 2.45) is 5.92 Å². The molecule has 7 heteroatoms. The van der Waals surface area contributed by atoms with Crippen LogP contribution in [0, 0.1) is 5.92 Å². The minimum absolute atomic E-state index is 0.219. The minimum Gasteiger partial charge on any atom is -0.467 e. The summed E-state index contributed by atoms with van der Waals surface area (Å²) in [6.07, 6.45) is 0.906. The Morgan fingerprint density at radius 3 is 2.74 bits per heavy atom. The molecule has 0 saturated carbocycles. The third-order valence-electron chi connectivity index (χ3n) is 3.70. The van der Waals surface area contributed by atoms with Crippen LogP contribution in [0.15, 0.2) is 35.2 Å². The lowest BCUT2D eigenvalue weighted by Crippen LogP contribution is -2.45. The van der Waals surface area contributed by atoms with Gasteiger partial charge in [-0.15, -0.1) is 0 Å². The highest BCUT2D eigenvalue weighted by molar-refractivity contribution is 7.85. The number of methoxy groups -OCH3 is 1. The molecule has 0 aliphatic carbocycles. The van der Waals surface area contributed by atoms with E-state index in [1.54, 1.807) is 12.1 Å². The molecule has 1 heterocycles. The molecular formula is C16H21NO5S. The van der Waals surface area contributed by atoms with Crippen molar-refractivity contribution in [3.05, 3.63) is 30.3 Å². The van der Waals surface area contributed by atoms with Gasteiger partial charge in [0.15, 0.2) is 0 Å². The summed E-state index contributed by atoms with van der Waals surface area (Å²) >= 11 is 0. The van der Waals surface area contributed by atoms with Gasteiger partial charge in [-0.05, 0) is 25.0 Å². The second kappa shape index (κ2) is 8.79. The lowest BCUT2D eigenvalue weighted by atomic mass is 10.1. The summed E-state index contributed by atoms with van der Waals surface area (Å²) in [7, 11) is 0.0491. The fourth-order valence-electron chi connectivity index (χ4n) is 2.34. The van der Waals surface area contributed by atoms with E-state index in [2.05, 4.69) is 5.32 Å². The Morgan fingerprint density at radius 1 is 1.39 bits per heavy atom.